The number of aryl methyl sites for hydroxylation is 1. The highest BCUT2D eigenvalue weighted by atomic mass is 32.1. The molecule has 0 unspecified atom stereocenters. The molecule has 0 bridgehead atoms. The minimum Gasteiger partial charge on any atom is -0.314 e. The fourth-order valence-corrected chi connectivity index (χ4v) is 2.18. The summed E-state index contributed by atoms with van der Waals surface area (Å²) in [5, 5.41) is 10.5. The monoisotopic (exact) mass is 230 g/mol. The molecule has 0 fully saturated rings. The summed E-state index contributed by atoms with van der Waals surface area (Å²) < 4.78 is 1.58. The summed E-state index contributed by atoms with van der Waals surface area (Å²) in [5.74, 6) is 0. The maximum Gasteiger partial charge on any atom is 0.250 e. The molecular formula is C12H10N2OS. The molecule has 0 saturated heterocycles. The van der Waals surface area contributed by atoms with Crippen LogP contribution in [0.3, 0.4) is 0 Å². The molecule has 0 atom stereocenters. The van der Waals surface area contributed by atoms with Crippen molar-refractivity contribution in [3.8, 4) is 16.5 Å². The van der Waals surface area contributed by atoms with E-state index in [0.717, 1.165) is 10.4 Å². The zero-order valence-corrected chi connectivity index (χ0v) is 9.41. The SMILES string of the molecule is N#CCCn1cc(-c2cccs2)ccc1=O. The Balaban J connectivity index is 2.36. The number of rotatable bonds is 3. The molecule has 2 aromatic heterocycles. The molecular weight excluding hydrogens is 220 g/mol. The highest BCUT2D eigenvalue weighted by Gasteiger charge is 2.01. The van der Waals surface area contributed by atoms with Gasteiger partial charge in [-0.3, -0.25) is 4.79 Å². The number of pyridine rings is 1. The van der Waals surface area contributed by atoms with Crippen LogP contribution in [0.5, 0.6) is 0 Å². The fraction of sp³-hybridized carbons (Fsp3) is 0.167. The second kappa shape index (κ2) is 4.77. The average molecular weight is 230 g/mol. The maximum absolute atomic E-state index is 11.5. The van der Waals surface area contributed by atoms with Gasteiger partial charge >= 0.3 is 0 Å². The summed E-state index contributed by atoms with van der Waals surface area (Å²) in [4.78, 5) is 12.6. The lowest BCUT2D eigenvalue weighted by Gasteiger charge is -2.04. The first-order chi connectivity index (χ1) is 7.81. The topological polar surface area (TPSA) is 45.8 Å². The molecule has 0 aromatic carbocycles. The van der Waals surface area contributed by atoms with Gasteiger partial charge in [0.1, 0.15) is 0 Å². The van der Waals surface area contributed by atoms with Crippen molar-refractivity contribution in [1.82, 2.24) is 4.57 Å². The van der Waals surface area contributed by atoms with Gasteiger partial charge in [-0.1, -0.05) is 6.07 Å². The number of hydrogen-bond donors (Lipinski definition) is 0. The van der Waals surface area contributed by atoms with Gasteiger partial charge in [-0.15, -0.1) is 11.3 Å². The zero-order chi connectivity index (χ0) is 11.4. The smallest absolute Gasteiger partial charge is 0.250 e. The summed E-state index contributed by atoms with van der Waals surface area (Å²) in [6.07, 6.45) is 2.17. The van der Waals surface area contributed by atoms with Crippen molar-refractivity contribution in [3.63, 3.8) is 0 Å². The summed E-state index contributed by atoms with van der Waals surface area (Å²) in [5.41, 5.74) is 0.961. The summed E-state index contributed by atoms with van der Waals surface area (Å²) in [6, 6.07) is 9.39. The number of thiophene rings is 1. The van der Waals surface area contributed by atoms with Crippen molar-refractivity contribution in [1.29, 1.82) is 5.26 Å². The van der Waals surface area contributed by atoms with Crippen LogP contribution in [-0.2, 0) is 6.54 Å². The van der Waals surface area contributed by atoms with Gasteiger partial charge < -0.3 is 4.57 Å². The predicted octanol–water partition coefficient (Wildman–Crippen LogP) is 2.49. The second-order valence-corrected chi connectivity index (χ2v) is 4.28. The Kier molecular flexibility index (Phi) is 3.18. The third kappa shape index (κ3) is 2.20. The number of nitrogens with zero attached hydrogens (tertiary/aromatic N) is 2. The van der Waals surface area contributed by atoms with Crippen LogP contribution in [0, 0.1) is 11.3 Å². The molecule has 0 amide bonds. The van der Waals surface area contributed by atoms with E-state index < -0.39 is 0 Å². The van der Waals surface area contributed by atoms with Crippen LogP contribution in [0.2, 0.25) is 0 Å². The van der Waals surface area contributed by atoms with E-state index in [2.05, 4.69) is 0 Å². The van der Waals surface area contributed by atoms with Crippen LogP contribution in [0.25, 0.3) is 10.4 Å². The molecule has 2 aromatic rings. The minimum atomic E-state index is -0.0597. The van der Waals surface area contributed by atoms with Crippen LogP contribution in [0.4, 0.5) is 0 Å². The van der Waals surface area contributed by atoms with E-state index in [1.54, 1.807) is 22.0 Å². The molecule has 0 aliphatic rings. The van der Waals surface area contributed by atoms with Crippen molar-refractivity contribution in [2.75, 3.05) is 0 Å². The Bertz CT molecular complexity index is 563. The number of aromatic nitrogens is 1. The molecule has 0 spiro atoms. The van der Waals surface area contributed by atoms with Gasteiger partial charge in [0, 0.05) is 29.2 Å². The molecule has 0 N–H and O–H groups in total. The van der Waals surface area contributed by atoms with Gasteiger partial charge in [0.15, 0.2) is 0 Å². The van der Waals surface area contributed by atoms with Gasteiger partial charge in [-0.25, -0.2) is 0 Å². The van der Waals surface area contributed by atoms with E-state index >= 15 is 0 Å². The van der Waals surface area contributed by atoms with E-state index in [1.165, 1.54) is 0 Å². The van der Waals surface area contributed by atoms with Gasteiger partial charge in [-0.2, -0.15) is 5.26 Å². The predicted molar refractivity (Wildman–Crippen MR) is 64.2 cm³/mol. The normalized spacial score (nSPS) is 9.94. The van der Waals surface area contributed by atoms with Gasteiger partial charge in [-0.05, 0) is 17.5 Å². The van der Waals surface area contributed by atoms with Crippen LogP contribution >= 0.6 is 11.3 Å². The maximum atomic E-state index is 11.5. The van der Waals surface area contributed by atoms with E-state index in [9.17, 15) is 4.79 Å². The van der Waals surface area contributed by atoms with Crippen molar-refractivity contribution in [2.45, 2.75) is 13.0 Å². The van der Waals surface area contributed by atoms with Crippen LogP contribution in [-0.4, -0.2) is 4.57 Å². The average Bonchev–Trinajstić information content (AvgIpc) is 2.81. The molecule has 2 heterocycles. The van der Waals surface area contributed by atoms with Crippen molar-refractivity contribution >= 4 is 11.3 Å². The molecule has 80 valence electrons. The number of nitriles is 1. The fourth-order valence-electron chi connectivity index (χ4n) is 1.47. The number of hydrogen-bond acceptors (Lipinski definition) is 3. The van der Waals surface area contributed by atoms with Crippen molar-refractivity contribution in [3.05, 3.63) is 46.2 Å². The Hall–Kier alpha value is -1.86. The highest BCUT2D eigenvalue weighted by molar-refractivity contribution is 7.13. The molecule has 2 rings (SSSR count). The Morgan fingerprint density at radius 3 is 2.94 bits per heavy atom. The molecule has 3 nitrogen and oxygen atoms in total. The molecule has 0 radical (unpaired) electrons. The largest absolute Gasteiger partial charge is 0.314 e. The standard InChI is InChI=1S/C12H10N2OS/c13-6-2-7-14-9-10(4-5-12(14)15)11-3-1-8-16-11/h1,3-5,8-9H,2,7H2. The second-order valence-electron chi connectivity index (χ2n) is 3.33. The van der Waals surface area contributed by atoms with Crippen LogP contribution in [0.1, 0.15) is 6.42 Å². The third-order valence-corrected chi connectivity index (χ3v) is 3.17. The summed E-state index contributed by atoms with van der Waals surface area (Å²) in [6.45, 7) is 0.453. The molecule has 0 saturated carbocycles. The molecule has 4 heteroatoms. The first-order valence-corrected chi connectivity index (χ1v) is 5.80. The van der Waals surface area contributed by atoms with Crippen molar-refractivity contribution in [2.24, 2.45) is 0 Å². The van der Waals surface area contributed by atoms with Gasteiger partial charge in [0.2, 0.25) is 0 Å². The Labute approximate surface area is 97.2 Å². The van der Waals surface area contributed by atoms with Crippen molar-refractivity contribution < 1.29 is 0 Å². The first kappa shape index (κ1) is 10.7. The zero-order valence-electron chi connectivity index (χ0n) is 8.59. The molecule has 16 heavy (non-hydrogen) atoms. The lowest BCUT2D eigenvalue weighted by molar-refractivity contribution is 0.687. The van der Waals surface area contributed by atoms with E-state index in [4.69, 9.17) is 5.26 Å². The quantitative estimate of drug-likeness (QED) is 0.813. The van der Waals surface area contributed by atoms with Crippen LogP contribution < -0.4 is 5.56 Å². The van der Waals surface area contributed by atoms with E-state index in [-0.39, 0.29) is 5.56 Å². The van der Waals surface area contributed by atoms with E-state index in [1.807, 2.05) is 35.8 Å². The lowest BCUT2D eigenvalue weighted by atomic mass is 10.2. The lowest BCUT2D eigenvalue weighted by Crippen LogP contribution is -2.18. The van der Waals surface area contributed by atoms with Gasteiger partial charge in [0.25, 0.3) is 5.56 Å². The Morgan fingerprint density at radius 1 is 1.38 bits per heavy atom. The minimum absolute atomic E-state index is 0.0597. The highest BCUT2D eigenvalue weighted by Crippen LogP contribution is 2.23. The van der Waals surface area contributed by atoms with Gasteiger partial charge in [0.05, 0.1) is 12.5 Å². The molecule has 0 aliphatic carbocycles. The van der Waals surface area contributed by atoms with E-state index in [0.29, 0.717) is 13.0 Å². The van der Waals surface area contributed by atoms with Crippen LogP contribution in [0.15, 0.2) is 40.6 Å². The summed E-state index contributed by atoms with van der Waals surface area (Å²) in [7, 11) is 0. The third-order valence-electron chi connectivity index (χ3n) is 2.25. The Morgan fingerprint density at radius 2 is 2.25 bits per heavy atom. The first-order valence-electron chi connectivity index (χ1n) is 4.92. The summed E-state index contributed by atoms with van der Waals surface area (Å²) >= 11 is 1.63. The molecule has 0 aliphatic heterocycles.